The predicted molar refractivity (Wildman–Crippen MR) is 104 cm³/mol. The van der Waals surface area contributed by atoms with E-state index in [2.05, 4.69) is 25.5 Å². The summed E-state index contributed by atoms with van der Waals surface area (Å²) in [6.07, 6.45) is 1.63. The number of benzene rings is 2. The Labute approximate surface area is 160 Å². The molecule has 7 heteroatoms. The molecule has 1 atom stereocenters. The number of nitrogens with zero attached hydrogens (tertiary/aromatic N) is 3. The molecule has 27 heavy (non-hydrogen) atoms. The maximum Gasteiger partial charge on any atom is 0.271 e. The van der Waals surface area contributed by atoms with Gasteiger partial charge in [-0.25, -0.2) is 4.98 Å². The lowest BCUT2D eigenvalue weighted by atomic mass is 10.1. The van der Waals surface area contributed by atoms with Crippen LogP contribution in [0.1, 0.15) is 29.3 Å². The molecule has 0 bridgehead atoms. The standard InChI is InChI=1S/C20H16ClN5O/c1-12(18-24-19(26-25-18)14-6-8-15(21)9-7-14)23-20(27)17-16-5-3-2-4-13(16)10-11-22-17/h2-12H,1H3,(H,23,27)(H,24,25,26)/t12-/m1/s1. The van der Waals surface area contributed by atoms with Gasteiger partial charge in [0.25, 0.3) is 5.91 Å². The summed E-state index contributed by atoms with van der Waals surface area (Å²) in [5.74, 6) is 0.850. The Morgan fingerprint density at radius 1 is 1.11 bits per heavy atom. The minimum absolute atomic E-state index is 0.260. The third-order valence-corrected chi connectivity index (χ3v) is 4.50. The topological polar surface area (TPSA) is 83.6 Å². The number of pyridine rings is 1. The van der Waals surface area contributed by atoms with Gasteiger partial charge in [-0.1, -0.05) is 35.9 Å². The molecular formula is C20H16ClN5O. The number of amides is 1. The number of hydrogen-bond acceptors (Lipinski definition) is 4. The largest absolute Gasteiger partial charge is 0.341 e. The Hall–Kier alpha value is -3.25. The van der Waals surface area contributed by atoms with E-state index in [9.17, 15) is 4.79 Å². The highest BCUT2D eigenvalue weighted by molar-refractivity contribution is 6.30. The summed E-state index contributed by atoms with van der Waals surface area (Å²) in [5.41, 5.74) is 1.23. The summed E-state index contributed by atoms with van der Waals surface area (Å²) in [6, 6.07) is 16.4. The summed E-state index contributed by atoms with van der Waals surface area (Å²) in [5, 5.41) is 12.5. The molecule has 134 valence electrons. The minimum atomic E-state index is -0.355. The normalized spacial score (nSPS) is 12.1. The van der Waals surface area contributed by atoms with Gasteiger partial charge in [-0.3, -0.25) is 14.9 Å². The van der Waals surface area contributed by atoms with Crippen molar-refractivity contribution in [3.8, 4) is 11.4 Å². The van der Waals surface area contributed by atoms with Crippen LogP contribution in [0.25, 0.3) is 22.2 Å². The van der Waals surface area contributed by atoms with Crippen molar-refractivity contribution in [1.82, 2.24) is 25.5 Å². The van der Waals surface area contributed by atoms with E-state index >= 15 is 0 Å². The number of aromatic nitrogens is 4. The van der Waals surface area contributed by atoms with E-state index in [1.807, 2.05) is 49.4 Å². The molecule has 0 unspecified atom stereocenters. The molecule has 2 aromatic carbocycles. The molecule has 2 heterocycles. The van der Waals surface area contributed by atoms with E-state index in [0.717, 1.165) is 16.3 Å². The van der Waals surface area contributed by atoms with E-state index in [4.69, 9.17) is 11.6 Å². The lowest BCUT2D eigenvalue weighted by Gasteiger charge is -2.11. The first-order valence-electron chi connectivity index (χ1n) is 8.44. The first-order chi connectivity index (χ1) is 13.1. The molecule has 0 saturated heterocycles. The molecule has 0 radical (unpaired) electrons. The van der Waals surface area contributed by atoms with Gasteiger partial charge in [0, 0.05) is 22.2 Å². The molecule has 6 nitrogen and oxygen atoms in total. The number of carbonyl (C=O) groups excluding carboxylic acids is 1. The number of H-pyrrole nitrogens is 1. The molecule has 2 aromatic heterocycles. The molecule has 0 saturated carbocycles. The fraction of sp³-hybridized carbons (Fsp3) is 0.100. The quantitative estimate of drug-likeness (QED) is 0.559. The Bertz CT molecular complexity index is 1100. The van der Waals surface area contributed by atoms with Gasteiger partial charge in [0.15, 0.2) is 5.82 Å². The third-order valence-electron chi connectivity index (χ3n) is 4.25. The molecule has 0 aliphatic rings. The molecule has 1 amide bonds. The zero-order valence-corrected chi connectivity index (χ0v) is 15.2. The van der Waals surface area contributed by atoms with Crippen LogP contribution in [0.3, 0.4) is 0 Å². The van der Waals surface area contributed by atoms with Crippen LogP contribution >= 0.6 is 11.6 Å². The van der Waals surface area contributed by atoms with Crippen LogP contribution in [-0.4, -0.2) is 26.1 Å². The Kier molecular flexibility index (Phi) is 4.56. The van der Waals surface area contributed by atoms with Gasteiger partial charge in [0.2, 0.25) is 0 Å². The van der Waals surface area contributed by atoms with E-state index in [1.165, 1.54) is 0 Å². The summed E-state index contributed by atoms with van der Waals surface area (Å²) in [4.78, 5) is 21.4. The predicted octanol–water partition coefficient (Wildman–Crippen LogP) is 4.16. The van der Waals surface area contributed by atoms with Crippen molar-refractivity contribution in [1.29, 1.82) is 0 Å². The van der Waals surface area contributed by atoms with Gasteiger partial charge >= 0.3 is 0 Å². The van der Waals surface area contributed by atoms with Crippen molar-refractivity contribution >= 4 is 28.3 Å². The molecule has 2 N–H and O–H groups in total. The number of nitrogens with one attached hydrogen (secondary N) is 2. The van der Waals surface area contributed by atoms with Crippen LogP contribution in [0.15, 0.2) is 60.8 Å². The average molecular weight is 378 g/mol. The monoisotopic (exact) mass is 377 g/mol. The van der Waals surface area contributed by atoms with E-state index < -0.39 is 0 Å². The summed E-state index contributed by atoms with van der Waals surface area (Å²) >= 11 is 5.91. The summed E-state index contributed by atoms with van der Waals surface area (Å²) in [6.45, 7) is 1.84. The smallest absolute Gasteiger partial charge is 0.271 e. The number of fused-ring (bicyclic) bond motifs is 1. The molecule has 0 fully saturated rings. The first kappa shape index (κ1) is 17.2. The van der Waals surface area contributed by atoms with Crippen molar-refractivity contribution < 1.29 is 4.79 Å². The van der Waals surface area contributed by atoms with Crippen molar-refractivity contribution in [3.05, 3.63) is 77.3 Å². The van der Waals surface area contributed by atoms with Crippen molar-refractivity contribution in [2.24, 2.45) is 0 Å². The second-order valence-electron chi connectivity index (χ2n) is 6.13. The Morgan fingerprint density at radius 2 is 1.89 bits per heavy atom. The highest BCUT2D eigenvalue weighted by Gasteiger charge is 2.18. The van der Waals surface area contributed by atoms with Gasteiger partial charge in [0.1, 0.15) is 11.5 Å². The third kappa shape index (κ3) is 3.52. The highest BCUT2D eigenvalue weighted by Crippen LogP contribution is 2.20. The van der Waals surface area contributed by atoms with Crippen LogP contribution in [0.2, 0.25) is 5.02 Å². The second kappa shape index (κ2) is 7.17. The van der Waals surface area contributed by atoms with Crippen molar-refractivity contribution in [2.45, 2.75) is 13.0 Å². The Balaban J connectivity index is 1.54. The summed E-state index contributed by atoms with van der Waals surface area (Å²) in [7, 11) is 0. The lowest BCUT2D eigenvalue weighted by molar-refractivity contribution is 0.0935. The molecule has 0 spiro atoms. The molecule has 4 rings (SSSR count). The second-order valence-corrected chi connectivity index (χ2v) is 6.56. The van der Waals surface area contributed by atoms with Gasteiger partial charge in [0.05, 0.1) is 6.04 Å². The zero-order chi connectivity index (χ0) is 18.8. The van der Waals surface area contributed by atoms with Gasteiger partial charge < -0.3 is 5.32 Å². The van der Waals surface area contributed by atoms with E-state index in [1.54, 1.807) is 18.3 Å². The van der Waals surface area contributed by atoms with Crippen LogP contribution in [0.4, 0.5) is 0 Å². The SMILES string of the molecule is C[C@@H](NC(=O)c1nccc2ccccc12)c1nc(-c2ccc(Cl)cc2)n[nH]1. The van der Waals surface area contributed by atoms with Crippen molar-refractivity contribution in [2.75, 3.05) is 0 Å². The fourth-order valence-corrected chi connectivity index (χ4v) is 2.96. The summed E-state index contributed by atoms with van der Waals surface area (Å²) < 4.78 is 0. The first-order valence-corrected chi connectivity index (χ1v) is 8.82. The number of hydrogen-bond donors (Lipinski definition) is 2. The average Bonchev–Trinajstić information content (AvgIpc) is 3.18. The van der Waals surface area contributed by atoms with Gasteiger partial charge in [-0.05, 0) is 42.6 Å². The Morgan fingerprint density at radius 3 is 2.70 bits per heavy atom. The molecule has 4 aromatic rings. The van der Waals surface area contributed by atoms with Crippen LogP contribution in [0.5, 0.6) is 0 Å². The van der Waals surface area contributed by atoms with E-state index in [-0.39, 0.29) is 11.9 Å². The fourth-order valence-electron chi connectivity index (χ4n) is 2.83. The lowest BCUT2D eigenvalue weighted by Crippen LogP contribution is -2.28. The maximum absolute atomic E-state index is 12.7. The number of aromatic amines is 1. The number of carbonyl (C=O) groups is 1. The van der Waals surface area contributed by atoms with E-state index in [0.29, 0.717) is 22.4 Å². The maximum atomic E-state index is 12.7. The van der Waals surface area contributed by atoms with Gasteiger partial charge in [-0.15, -0.1) is 0 Å². The van der Waals surface area contributed by atoms with Crippen LogP contribution < -0.4 is 5.32 Å². The van der Waals surface area contributed by atoms with Crippen molar-refractivity contribution in [3.63, 3.8) is 0 Å². The minimum Gasteiger partial charge on any atom is -0.341 e. The molecular weight excluding hydrogens is 362 g/mol. The highest BCUT2D eigenvalue weighted by atomic mass is 35.5. The molecule has 0 aliphatic carbocycles. The van der Waals surface area contributed by atoms with Crippen LogP contribution in [-0.2, 0) is 0 Å². The molecule has 0 aliphatic heterocycles. The van der Waals surface area contributed by atoms with Crippen LogP contribution in [0, 0.1) is 0 Å². The number of halogens is 1. The van der Waals surface area contributed by atoms with Gasteiger partial charge in [-0.2, -0.15) is 5.10 Å². The number of rotatable bonds is 4. The zero-order valence-electron chi connectivity index (χ0n) is 14.5.